The molecule has 2 aromatic heterocycles. The Hall–Kier alpha value is -4.73. The molecule has 0 fully saturated rings. The highest BCUT2D eigenvalue weighted by Gasteiger charge is 2.36. The third-order valence-corrected chi connectivity index (χ3v) is 6.20. The van der Waals surface area contributed by atoms with Gasteiger partial charge in [-0.15, -0.1) is 0 Å². The number of fused-ring (bicyclic) bond motifs is 1. The molecule has 182 valence electrons. The van der Waals surface area contributed by atoms with Crippen molar-refractivity contribution in [3.05, 3.63) is 83.8 Å². The van der Waals surface area contributed by atoms with E-state index in [9.17, 15) is 4.79 Å². The second-order valence-corrected chi connectivity index (χ2v) is 8.31. The molecule has 0 saturated heterocycles. The third-order valence-electron chi connectivity index (χ3n) is 6.20. The third kappa shape index (κ3) is 3.82. The number of allylic oxidation sites excluding steroid dienone is 1. The monoisotopic (exact) mass is 486 g/mol. The number of carbonyl (C=O) groups excluding carboxylic acids is 1. The molecule has 4 aromatic rings. The highest BCUT2D eigenvalue weighted by atomic mass is 16.7. The molecule has 6 rings (SSSR count). The summed E-state index contributed by atoms with van der Waals surface area (Å²) in [7, 11) is 1.60. The van der Waals surface area contributed by atoms with Crippen LogP contribution in [0.2, 0.25) is 0 Å². The number of ether oxygens (including phenoxy) is 3. The van der Waals surface area contributed by atoms with Crippen molar-refractivity contribution in [2.24, 2.45) is 0 Å². The number of hydrogen-bond donors (Lipinski definition) is 1. The summed E-state index contributed by atoms with van der Waals surface area (Å²) in [5.74, 6) is 3.29. The van der Waals surface area contributed by atoms with Crippen LogP contribution in [0.4, 0.5) is 4.79 Å². The Kier molecular flexibility index (Phi) is 5.33. The molecule has 1 N–H and O–H groups in total. The zero-order chi connectivity index (χ0) is 24.6. The summed E-state index contributed by atoms with van der Waals surface area (Å²) < 4.78 is 27.5. The number of furan rings is 1. The molecule has 2 aliphatic rings. The highest BCUT2D eigenvalue weighted by Crippen LogP contribution is 2.40. The molecule has 2 amide bonds. The predicted molar refractivity (Wildman–Crippen MR) is 127 cm³/mol. The van der Waals surface area contributed by atoms with E-state index in [1.54, 1.807) is 24.3 Å². The van der Waals surface area contributed by atoms with E-state index >= 15 is 0 Å². The lowest BCUT2D eigenvalue weighted by molar-refractivity contribution is 0.174. The van der Waals surface area contributed by atoms with Crippen molar-refractivity contribution in [2.45, 2.75) is 19.5 Å². The van der Waals surface area contributed by atoms with Gasteiger partial charge in [0.25, 0.3) is 5.89 Å². The fraction of sp³-hybridized carbons (Fsp3) is 0.192. The Morgan fingerprint density at radius 2 is 2.00 bits per heavy atom. The average Bonchev–Trinajstić information content (AvgIpc) is 3.68. The first-order chi connectivity index (χ1) is 17.6. The number of hydrogen-bond acceptors (Lipinski definition) is 8. The van der Waals surface area contributed by atoms with Gasteiger partial charge in [-0.3, -0.25) is 4.90 Å². The van der Waals surface area contributed by atoms with Crippen molar-refractivity contribution in [1.29, 1.82) is 0 Å². The van der Waals surface area contributed by atoms with Crippen molar-refractivity contribution >= 4 is 11.6 Å². The number of benzene rings is 2. The number of aromatic nitrogens is 2. The van der Waals surface area contributed by atoms with E-state index in [0.717, 1.165) is 11.1 Å². The second kappa shape index (κ2) is 8.81. The van der Waals surface area contributed by atoms with E-state index in [-0.39, 0.29) is 25.3 Å². The molecule has 2 aliphatic heterocycles. The molecule has 1 atom stereocenters. The first-order valence-electron chi connectivity index (χ1n) is 11.3. The van der Waals surface area contributed by atoms with Gasteiger partial charge in [-0.1, -0.05) is 17.3 Å². The number of carbonyl (C=O) groups is 1. The summed E-state index contributed by atoms with van der Waals surface area (Å²) >= 11 is 0. The van der Waals surface area contributed by atoms with E-state index in [4.69, 9.17) is 28.1 Å². The van der Waals surface area contributed by atoms with Crippen molar-refractivity contribution in [1.82, 2.24) is 20.4 Å². The number of nitrogens with one attached hydrogen (secondary N) is 1. The smallest absolute Gasteiger partial charge is 0.322 e. The van der Waals surface area contributed by atoms with Crippen molar-refractivity contribution in [3.8, 4) is 28.6 Å². The van der Waals surface area contributed by atoms with Gasteiger partial charge in [-0.25, -0.2) is 4.79 Å². The topological polar surface area (TPSA) is 112 Å². The minimum Gasteiger partial charge on any atom is -0.497 e. The van der Waals surface area contributed by atoms with E-state index in [0.29, 0.717) is 40.1 Å². The van der Waals surface area contributed by atoms with E-state index < -0.39 is 6.04 Å². The van der Waals surface area contributed by atoms with Gasteiger partial charge in [0.1, 0.15) is 11.5 Å². The maximum absolute atomic E-state index is 13.2. The van der Waals surface area contributed by atoms with Gasteiger partial charge in [0.15, 0.2) is 11.5 Å². The maximum atomic E-state index is 13.2. The summed E-state index contributed by atoms with van der Waals surface area (Å²) in [4.78, 5) is 19.5. The number of urea groups is 1. The lowest BCUT2D eigenvalue weighted by atomic mass is 9.94. The molecule has 0 aliphatic carbocycles. The van der Waals surface area contributed by atoms with Gasteiger partial charge >= 0.3 is 6.03 Å². The zero-order valence-electron chi connectivity index (χ0n) is 19.6. The molecule has 0 bridgehead atoms. The number of rotatable bonds is 6. The van der Waals surface area contributed by atoms with Crippen LogP contribution < -0.4 is 19.5 Å². The summed E-state index contributed by atoms with van der Waals surface area (Å²) in [6, 6.07) is 15.8. The summed E-state index contributed by atoms with van der Waals surface area (Å²) in [5.41, 5.74) is 2.88. The van der Waals surface area contributed by atoms with Crippen molar-refractivity contribution < 1.29 is 27.9 Å². The minimum atomic E-state index is -0.537. The average molecular weight is 486 g/mol. The molecular weight excluding hydrogens is 464 g/mol. The summed E-state index contributed by atoms with van der Waals surface area (Å²) in [5, 5.41) is 7.29. The highest BCUT2D eigenvalue weighted by molar-refractivity contribution is 5.87. The van der Waals surface area contributed by atoms with Crippen LogP contribution in [0.15, 0.2) is 75.5 Å². The molecule has 10 heteroatoms. The minimum absolute atomic E-state index is 0.176. The van der Waals surface area contributed by atoms with Crippen LogP contribution in [0.5, 0.6) is 17.2 Å². The van der Waals surface area contributed by atoms with Crippen LogP contribution in [0.25, 0.3) is 17.0 Å². The molecule has 0 saturated carbocycles. The van der Waals surface area contributed by atoms with Gasteiger partial charge in [-0.2, -0.15) is 4.98 Å². The molecule has 36 heavy (non-hydrogen) atoms. The van der Waals surface area contributed by atoms with Gasteiger partial charge in [-0.05, 0) is 55.0 Å². The van der Waals surface area contributed by atoms with E-state index in [2.05, 4.69) is 10.5 Å². The quantitative estimate of drug-likeness (QED) is 0.415. The summed E-state index contributed by atoms with van der Waals surface area (Å²) in [6.07, 6.45) is 1.58. The van der Waals surface area contributed by atoms with Gasteiger partial charge in [0.2, 0.25) is 12.6 Å². The van der Waals surface area contributed by atoms with Crippen molar-refractivity contribution in [3.63, 3.8) is 0 Å². The molecule has 2 aromatic carbocycles. The fourth-order valence-corrected chi connectivity index (χ4v) is 4.36. The SMILES string of the molecule is COc1cccc(C2NC(=O)N(Cc3ccco3)C(C)=C2c2nc(-c3ccc4c(c3)OCO4)no2)c1. The molecule has 0 spiro atoms. The zero-order valence-corrected chi connectivity index (χ0v) is 19.6. The lowest BCUT2D eigenvalue weighted by Crippen LogP contribution is -2.45. The fourth-order valence-electron chi connectivity index (χ4n) is 4.36. The lowest BCUT2D eigenvalue weighted by Gasteiger charge is -2.34. The number of nitrogens with zero attached hydrogens (tertiary/aromatic N) is 3. The molecule has 10 nitrogen and oxygen atoms in total. The Morgan fingerprint density at radius 3 is 2.83 bits per heavy atom. The molecule has 0 radical (unpaired) electrons. The predicted octanol–water partition coefficient (Wildman–Crippen LogP) is 4.76. The van der Waals surface area contributed by atoms with Gasteiger partial charge in [0, 0.05) is 11.3 Å². The van der Waals surface area contributed by atoms with Crippen molar-refractivity contribution in [2.75, 3.05) is 13.9 Å². The van der Waals surface area contributed by atoms with Crippen LogP contribution in [-0.2, 0) is 6.54 Å². The van der Waals surface area contributed by atoms with Gasteiger partial charge < -0.3 is 28.5 Å². The molecular formula is C26H22N4O6. The largest absolute Gasteiger partial charge is 0.497 e. The normalized spacial score (nSPS) is 16.9. The number of amides is 2. The standard InChI is InChI=1S/C26H22N4O6/c1-15-22(25-28-24(29-36-25)17-8-9-20-21(12-17)35-14-34-20)23(16-5-3-6-18(11-16)32-2)27-26(31)30(15)13-19-7-4-10-33-19/h3-12,23H,13-14H2,1-2H3,(H,27,31). The van der Waals surface area contributed by atoms with Crippen LogP contribution >= 0.6 is 0 Å². The Balaban J connectivity index is 1.43. The van der Waals surface area contributed by atoms with E-state index in [1.807, 2.05) is 55.5 Å². The first-order valence-corrected chi connectivity index (χ1v) is 11.3. The van der Waals surface area contributed by atoms with Crippen LogP contribution in [0.1, 0.15) is 30.2 Å². The van der Waals surface area contributed by atoms with Gasteiger partial charge in [0.05, 0.1) is 31.5 Å². The Labute approximate surface area is 206 Å². The number of methoxy groups -OCH3 is 1. The second-order valence-electron chi connectivity index (χ2n) is 8.31. The summed E-state index contributed by atoms with van der Waals surface area (Å²) in [6.45, 7) is 2.28. The van der Waals surface area contributed by atoms with Crippen LogP contribution in [0, 0.1) is 0 Å². The van der Waals surface area contributed by atoms with Crippen LogP contribution in [-0.4, -0.2) is 35.0 Å². The molecule has 1 unspecified atom stereocenters. The van der Waals surface area contributed by atoms with Crippen LogP contribution in [0.3, 0.4) is 0 Å². The Morgan fingerprint density at radius 1 is 1.11 bits per heavy atom. The maximum Gasteiger partial charge on any atom is 0.322 e. The first kappa shape index (κ1) is 21.8. The Bertz CT molecular complexity index is 1460. The molecule has 4 heterocycles. The van der Waals surface area contributed by atoms with E-state index in [1.165, 1.54) is 0 Å².